The van der Waals surface area contributed by atoms with Crippen LogP contribution in [0.2, 0.25) is 0 Å². The SMILES string of the molecule is CC(C)(C)c1ccc(C2(CO)CCNCC2)cc1. The molecule has 2 nitrogen and oxygen atoms in total. The minimum absolute atomic E-state index is 0.0261. The minimum atomic E-state index is -0.0261. The highest BCUT2D eigenvalue weighted by Crippen LogP contribution is 2.34. The van der Waals surface area contributed by atoms with Crippen molar-refractivity contribution in [2.75, 3.05) is 19.7 Å². The van der Waals surface area contributed by atoms with E-state index >= 15 is 0 Å². The monoisotopic (exact) mass is 247 g/mol. The van der Waals surface area contributed by atoms with E-state index in [0.717, 1.165) is 25.9 Å². The van der Waals surface area contributed by atoms with Crippen LogP contribution in [0.3, 0.4) is 0 Å². The van der Waals surface area contributed by atoms with E-state index in [1.54, 1.807) is 0 Å². The van der Waals surface area contributed by atoms with Gasteiger partial charge in [0.2, 0.25) is 0 Å². The van der Waals surface area contributed by atoms with E-state index in [1.165, 1.54) is 11.1 Å². The normalized spacial score (nSPS) is 19.8. The van der Waals surface area contributed by atoms with Crippen LogP contribution in [0.5, 0.6) is 0 Å². The minimum Gasteiger partial charge on any atom is -0.395 e. The number of aliphatic hydroxyl groups is 1. The number of rotatable bonds is 2. The lowest BCUT2D eigenvalue weighted by molar-refractivity contribution is 0.158. The van der Waals surface area contributed by atoms with E-state index in [-0.39, 0.29) is 17.4 Å². The van der Waals surface area contributed by atoms with Crippen LogP contribution in [0, 0.1) is 0 Å². The van der Waals surface area contributed by atoms with Gasteiger partial charge in [-0.2, -0.15) is 0 Å². The molecule has 1 aromatic rings. The van der Waals surface area contributed by atoms with Crippen molar-refractivity contribution in [2.45, 2.75) is 44.4 Å². The van der Waals surface area contributed by atoms with Gasteiger partial charge in [-0.3, -0.25) is 0 Å². The number of aliphatic hydroxyl groups excluding tert-OH is 1. The molecule has 0 radical (unpaired) electrons. The van der Waals surface area contributed by atoms with Crippen molar-refractivity contribution in [3.8, 4) is 0 Å². The smallest absolute Gasteiger partial charge is 0.0528 e. The van der Waals surface area contributed by atoms with E-state index < -0.39 is 0 Å². The van der Waals surface area contributed by atoms with E-state index in [2.05, 4.69) is 50.4 Å². The predicted octanol–water partition coefficient (Wildman–Crippen LogP) is 2.60. The Morgan fingerprint density at radius 2 is 1.67 bits per heavy atom. The lowest BCUT2D eigenvalue weighted by atomic mass is 9.73. The van der Waals surface area contributed by atoms with Crippen LogP contribution < -0.4 is 5.32 Å². The summed E-state index contributed by atoms with van der Waals surface area (Å²) in [6.07, 6.45) is 2.05. The van der Waals surface area contributed by atoms with E-state index in [9.17, 15) is 5.11 Å². The van der Waals surface area contributed by atoms with Gasteiger partial charge in [0.05, 0.1) is 6.61 Å². The fourth-order valence-corrected chi connectivity index (χ4v) is 2.77. The van der Waals surface area contributed by atoms with Gasteiger partial charge in [0.25, 0.3) is 0 Å². The third-order valence-corrected chi connectivity index (χ3v) is 4.23. The van der Waals surface area contributed by atoms with Gasteiger partial charge in [0.1, 0.15) is 0 Å². The van der Waals surface area contributed by atoms with Gasteiger partial charge >= 0.3 is 0 Å². The summed E-state index contributed by atoms with van der Waals surface area (Å²) in [5, 5.41) is 13.2. The molecular formula is C16H25NO. The summed E-state index contributed by atoms with van der Waals surface area (Å²) in [5.41, 5.74) is 2.81. The summed E-state index contributed by atoms with van der Waals surface area (Å²) >= 11 is 0. The zero-order valence-corrected chi connectivity index (χ0v) is 11.8. The lowest BCUT2D eigenvalue weighted by Crippen LogP contribution is -2.42. The number of piperidine rings is 1. The maximum atomic E-state index is 9.80. The average molecular weight is 247 g/mol. The molecular weight excluding hydrogens is 222 g/mol. The van der Waals surface area contributed by atoms with Crippen molar-refractivity contribution >= 4 is 0 Å². The topological polar surface area (TPSA) is 32.3 Å². The van der Waals surface area contributed by atoms with Crippen molar-refractivity contribution in [3.05, 3.63) is 35.4 Å². The van der Waals surface area contributed by atoms with E-state index in [1.807, 2.05) is 0 Å². The first-order chi connectivity index (χ1) is 8.48. The molecule has 0 saturated carbocycles. The van der Waals surface area contributed by atoms with Crippen molar-refractivity contribution in [1.29, 1.82) is 0 Å². The van der Waals surface area contributed by atoms with Crippen LogP contribution in [-0.2, 0) is 10.8 Å². The van der Waals surface area contributed by atoms with Crippen LogP contribution in [0.1, 0.15) is 44.7 Å². The van der Waals surface area contributed by atoms with Gasteiger partial charge in [-0.05, 0) is 42.5 Å². The Hall–Kier alpha value is -0.860. The first-order valence-corrected chi connectivity index (χ1v) is 6.91. The highest BCUT2D eigenvalue weighted by atomic mass is 16.3. The quantitative estimate of drug-likeness (QED) is 0.842. The summed E-state index contributed by atoms with van der Waals surface area (Å²) in [6.45, 7) is 8.95. The second-order valence-corrected chi connectivity index (χ2v) is 6.52. The Kier molecular flexibility index (Phi) is 3.79. The maximum absolute atomic E-state index is 9.80. The van der Waals surface area contributed by atoms with Gasteiger partial charge in [0.15, 0.2) is 0 Å². The Morgan fingerprint density at radius 3 is 2.11 bits per heavy atom. The molecule has 2 N–H and O–H groups in total. The Bertz CT molecular complexity index is 383. The Labute approximate surface area is 110 Å². The van der Waals surface area contributed by atoms with Crippen molar-refractivity contribution in [1.82, 2.24) is 5.32 Å². The van der Waals surface area contributed by atoms with E-state index in [4.69, 9.17) is 0 Å². The number of nitrogens with one attached hydrogen (secondary N) is 1. The molecule has 2 heteroatoms. The molecule has 1 aliphatic heterocycles. The fraction of sp³-hybridized carbons (Fsp3) is 0.625. The van der Waals surface area contributed by atoms with Crippen LogP contribution in [0.15, 0.2) is 24.3 Å². The van der Waals surface area contributed by atoms with Gasteiger partial charge in [-0.1, -0.05) is 45.0 Å². The predicted molar refractivity (Wildman–Crippen MR) is 76.0 cm³/mol. The molecule has 0 aromatic heterocycles. The first-order valence-electron chi connectivity index (χ1n) is 6.91. The molecule has 0 aliphatic carbocycles. The highest BCUT2D eigenvalue weighted by molar-refractivity contribution is 5.33. The molecule has 2 rings (SSSR count). The maximum Gasteiger partial charge on any atom is 0.0528 e. The highest BCUT2D eigenvalue weighted by Gasteiger charge is 2.33. The summed E-state index contributed by atoms with van der Waals surface area (Å²) in [7, 11) is 0. The zero-order chi connectivity index (χ0) is 13.2. The first kappa shape index (κ1) is 13.6. The standard InChI is InChI=1S/C16H25NO/c1-15(2,3)13-4-6-14(7-5-13)16(12-18)8-10-17-11-9-16/h4-7,17-18H,8-12H2,1-3H3. The Balaban J connectivity index is 2.27. The molecule has 1 fully saturated rings. The van der Waals surface area contributed by atoms with E-state index in [0.29, 0.717) is 0 Å². The molecule has 1 saturated heterocycles. The summed E-state index contributed by atoms with van der Waals surface area (Å²) in [6, 6.07) is 8.85. The second kappa shape index (κ2) is 5.02. The molecule has 0 spiro atoms. The Morgan fingerprint density at radius 1 is 1.11 bits per heavy atom. The second-order valence-electron chi connectivity index (χ2n) is 6.52. The van der Waals surface area contributed by atoms with Gasteiger partial charge in [-0.15, -0.1) is 0 Å². The lowest BCUT2D eigenvalue weighted by Gasteiger charge is -2.37. The number of hydrogen-bond donors (Lipinski definition) is 2. The molecule has 0 unspecified atom stereocenters. The molecule has 1 aromatic carbocycles. The molecule has 0 atom stereocenters. The van der Waals surface area contributed by atoms with Gasteiger partial charge in [-0.25, -0.2) is 0 Å². The largest absolute Gasteiger partial charge is 0.395 e. The average Bonchev–Trinajstić information content (AvgIpc) is 2.39. The van der Waals surface area contributed by atoms with Crippen molar-refractivity contribution in [2.24, 2.45) is 0 Å². The number of hydrogen-bond acceptors (Lipinski definition) is 2. The third kappa shape index (κ3) is 2.60. The zero-order valence-electron chi connectivity index (χ0n) is 11.8. The fourth-order valence-electron chi connectivity index (χ4n) is 2.77. The molecule has 100 valence electrons. The molecule has 18 heavy (non-hydrogen) atoms. The summed E-state index contributed by atoms with van der Waals surface area (Å²) < 4.78 is 0. The van der Waals surface area contributed by atoms with Crippen LogP contribution in [0.25, 0.3) is 0 Å². The molecule has 0 bridgehead atoms. The van der Waals surface area contributed by atoms with Crippen molar-refractivity contribution in [3.63, 3.8) is 0 Å². The summed E-state index contributed by atoms with van der Waals surface area (Å²) in [5.74, 6) is 0. The third-order valence-electron chi connectivity index (χ3n) is 4.23. The molecule has 1 aliphatic rings. The van der Waals surface area contributed by atoms with Crippen LogP contribution >= 0.6 is 0 Å². The summed E-state index contributed by atoms with van der Waals surface area (Å²) in [4.78, 5) is 0. The molecule has 0 amide bonds. The van der Waals surface area contributed by atoms with Crippen molar-refractivity contribution < 1.29 is 5.11 Å². The van der Waals surface area contributed by atoms with Gasteiger partial charge < -0.3 is 10.4 Å². The van der Waals surface area contributed by atoms with Crippen LogP contribution in [0.4, 0.5) is 0 Å². The molecule has 1 heterocycles. The van der Waals surface area contributed by atoms with Crippen LogP contribution in [-0.4, -0.2) is 24.8 Å². The number of benzene rings is 1. The van der Waals surface area contributed by atoms with Gasteiger partial charge in [0, 0.05) is 5.41 Å².